The lowest BCUT2D eigenvalue weighted by molar-refractivity contribution is 0.504. The quantitative estimate of drug-likeness (QED) is 0.639. The van der Waals surface area contributed by atoms with Crippen molar-refractivity contribution in [3.63, 3.8) is 0 Å². The molecule has 1 rings (SSSR count). The van der Waals surface area contributed by atoms with Crippen LogP contribution in [0.25, 0.3) is 0 Å². The van der Waals surface area contributed by atoms with Gasteiger partial charge in [0.25, 0.3) is 0 Å². The Hall–Kier alpha value is -1.13. The lowest BCUT2D eigenvalue weighted by atomic mass is 9.99. The normalized spacial score (nSPS) is 10.3. The van der Waals surface area contributed by atoms with E-state index in [-0.39, 0.29) is 5.41 Å². The Kier molecular flexibility index (Phi) is 3.43. The van der Waals surface area contributed by atoms with E-state index in [0.717, 1.165) is 0 Å². The Balaban J connectivity index is 2.61. The molecule has 1 aromatic carbocycles. The molecule has 0 aliphatic rings. The van der Waals surface area contributed by atoms with E-state index in [2.05, 4.69) is 12.0 Å². The molecule has 0 radical (unpaired) electrons. The Morgan fingerprint density at radius 2 is 1.71 bits per heavy atom. The molecule has 0 unspecified atom stereocenters. The zero-order valence-corrected chi connectivity index (χ0v) is 9.35. The third-order valence-corrected chi connectivity index (χ3v) is 1.66. The summed E-state index contributed by atoms with van der Waals surface area (Å²) in [5.74, 6) is 3.69. The molecule has 1 aromatic rings. The van der Waals surface area contributed by atoms with Gasteiger partial charge in [-0.1, -0.05) is 17.5 Å². The van der Waals surface area contributed by atoms with Crippen LogP contribution >= 0.6 is 11.6 Å². The summed E-state index contributed by atoms with van der Waals surface area (Å²) < 4.78 is 5.22. The van der Waals surface area contributed by atoms with Crippen LogP contribution in [0.2, 0.25) is 5.02 Å². The van der Waals surface area contributed by atoms with Gasteiger partial charge in [-0.3, -0.25) is 0 Å². The zero-order valence-electron chi connectivity index (χ0n) is 8.60. The fourth-order valence-corrected chi connectivity index (χ4v) is 0.866. The predicted octanol–water partition coefficient (Wildman–Crippen LogP) is 3.73. The first-order valence-corrected chi connectivity index (χ1v) is 4.80. The van der Waals surface area contributed by atoms with E-state index in [1.165, 1.54) is 0 Å². The smallest absolute Gasteiger partial charge is 0.140 e. The summed E-state index contributed by atoms with van der Waals surface area (Å²) in [7, 11) is 0. The molecule has 0 bridgehead atoms. The van der Waals surface area contributed by atoms with Crippen molar-refractivity contribution in [1.29, 1.82) is 0 Å². The van der Waals surface area contributed by atoms with E-state index < -0.39 is 0 Å². The summed E-state index contributed by atoms with van der Waals surface area (Å²) in [5, 5.41) is 0.695. The first kappa shape index (κ1) is 10.9. The molecule has 0 saturated heterocycles. The van der Waals surface area contributed by atoms with Gasteiger partial charge in [-0.05, 0) is 45.0 Å². The van der Waals surface area contributed by atoms with Gasteiger partial charge in [0.15, 0.2) is 0 Å². The van der Waals surface area contributed by atoms with Crippen molar-refractivity contribution in [2.45, 2.75) is 20.8 Å². The van der Waals surface area contributed by atoms with E-state index >= 15 is 0 Å². The van der Waals surface area contributed by atoms with Crippen LogP contribution in [0.4, 0.5) is 0 Å². The minimum absolute atomic E-state index is 0.0353. The van der Waals surface area contributed by atoms with Gasteiger partial charge in [0.05, 0.1) is 0 Å². The van der Waals surface area contributed by atoms with Gasteiger partial charge in [-0.15, -0.1) is 0 Å². The molecule has 0 heterocycles. The van der Waals surface area contributed by atoms with Crippen LogP contribution < -0.4 is 4.74 Å². The highest BCUT2D eigenvalue weighted by Crippen LogP contribution is 2.15. The first-order valence-electron chi connectivity index (χ1n) is 4.42. The zero-order chi connectivity index (χ0) is 10.6. The maximum atomic E-state index is 5.73. The molecule has 0 spiro atoms. The Morgan fingerprint density at radius 1 is 1.14 bits per heavy atom. The Bertz CT molecular complexity index is 349. The van der Waals surface area contributed by atoms with Gasteiger partial charge in [-0.25, -0.2) is 0 Å². The lowest BCUT2D eigenvalue weighted by Gasteiger charge is -2.06. The highest BCUT2D eigenvalue weighted by Gasteiger charge is 2.03. The minimum atomic E-state index is -0.0353. The van der Waals surface area contributed by atoms with Crippen molar-refractivity contribution in [3.8, 4) is 17.8 Å². The average molecular weight is 209 g/mol. The number of ether oxygens (including phenoxy) is 1. The van der Waals surface area contributed by atoms with Crippen molar-refractivity contribution in [2.75, 3.05) is 0 Å². The number of hydrogen-bond donors (Lipinski definition) is 0. The van der Waals surface area contributed by atoms with Crippen molar-refractivity contribution in [1.82, 2.24) is 0 Å². The predicted molar refractivity (Wildman–Crippen MR) is 59.3 cm³/mol. The van der Waals surface area contributed by atoms with E-state index in [1.54, 1.807) is 24.3 Å². The van der Waals surface area contributed by atoms with Crippen molar-refractivity contribution in [3.05, 3.63) is 29.3 Å². The van der Waals surface area contributed by atoms with Crippen LogP contribution in [0.15, 0.2) is 24.3 Å². The summed E-state index contributed by atoms with van der Waals surface area (Å²) in [6, 6.07) is 7.13. The highest BCUT2D eigenvalue weighted by atomic mass is 35.5. The van der Waals surface area contributed by atoms with Crippen LogP contribution in [0.1, 0.15) is 20.8 Å². The monoisotopic (exact) mass is 208 g/mol. The molecular weight excluding hydrogens is 196 g/mol. The van der Waals surface area contributed by atoms with E-state index in [0.29, 0.717) is 10.8 Å². The van der Waals surface area contributed by atoms with Crippen LogP contribution in [-0.2, 0) is 0 Å². The van der Waals surface area contributed by atoms with Crippen LogP contribution in [0, 0.1) is 17.4 Å². The van der Waals surface area contributed by atoms with Crippen LogP contribution in [-0.4, -0.2) is 0 Å². The van der Waals surface area contributed by atoms with E-state index in [9.17, 15) is 0 Å². The second-order valence-corrected chi connectivity index (χ2v) is 4.47. The molecule has 0 atom stereocenters. The number of rotatable bonds is 1. The molecule has 2 heteroatoms. The molecule has 0 aliphatic heterocycles. The fourth-order valence-electron chi connectivity index (χ4n) is 0.740. The Labute approximate surface area is 90.0 Å². The Morgan fingerprint density at radius 3 is 2.21 bits per heavy atom. The van der Waals surface area contributed by atoms with Gasteiger partial charge in [-0.2, -0.15) is 0 Å². The molecule has 0 aromatic heterocycles. The van der Waals surface area contributed by atoms with Crippen molar-refractivity contribution in [2.24, 2.45) is 5.41 Å². The van der Waals surface area contributed by atoms with Crippen LogP contribution in [0.5, 0.6) is 5.75 Å². The average Bonchev–Trinajstić information content (AvgIpc) is 2.06. The second-order valence-electron chi connectivity index (χ2n) is 4.03. The molecule has 0 N–H and O–H groups in total. The third kappa shape index (κ3) is 4.20. The lowest BCUT2D eigenvalue weighted by Crippen LogP contribution is -2.00. The van der Waals surface area contributed by atoms with Gasteiger partial charge < -0.3 is 4.74 Å². The minimum Gasteiger partial charge on any atom is -0.408 e. The molecular formula is C12H13ClO. The van der Waals surface area contributed by atoms with Crippen molar-refractivity contribution >= 4 is 11.6 Å². The molecule has 74 valence electrons. The molecule has 1 nitrogen and oxygen atoms in total. The van der Waals surface area contributed by atoms with E-state index in [4.69, 9.17) is 16.3 Å². The maximum Gasteiger partial charge on any atom is 0.140 e. The fraction of sp³-hybridized carbons (Fsp3) is 0.333. The van der Waals surface area contributed by atoms with E-state index in [1.807, 2.05) is 20.8 Å². The second kappa shape index (κ2) is 4.39. The SMILES string of the molecule is CC(C)(C)C#COc1ccc(Cl)cc1. The number of benzene rings is 1. The van der Waals surface area contributed by atoms with Gasteiger partial charge in [0.2, 0.25) is 0 Å². The first-order chi connectivity index (χ1) is 6.47. The van der Waals surface area contributed by atoms with Crippen molar-refractivity contribution < 1.29 is 4.74 Å². The van der Waals surface area contributed by atoms with Crippen LogP contribution in [0.3, 0.4) is 0 Å². The third-order valence-electron chi connectivity index (χ3n) is 1.41. The molecule has 0 saturated carbocycles. The summed E-state index contributed by atoms with van der Waals surface area (Å²) >= 11 is 5.73. The molecule has 0 aliphatic carbocycles. The summed E-state index contributed by atoms with van der Waals surface area (Å²) in [6.07, 6.45) is 2.67. The summed E-state index contributed by atoms with van der Waals surface area (Å²) in [4.78, 5) is 0. The standard InChI is InChI=1S/C12H13ClO/c1-12(2,3)8-9-14-11-6-4-10(13)5-7-11/h4-7H,1-3H3. The van der Waals surface area contributed by atoms with Gasteiger partial charge in [0, 0.05) is 10.4 Å². The largest absolute Gasteiger partial charge is 0.408 e. The number of halogens is 1. The number of hydrogen-bond acceptors (Lipinski definition) is 1. The summed E-state index contributed by atoms with van der Waals surface area (Å²) in [6.45, 7) is 6.10. The topological polar surface area (TPSA) is 9.23 Å². The summed E-state index contributed by atoms with van der Waals surface area (Å²) in [5.41, 5.74) is -0.0353. The molecule has 14 heavy (non-hydrogen) atoms. The molecule has 0 fully saturated rings. The highest BCUT2D eigenvalue weighted by molar-refractivity contribution is 6.30. The van der Waals surface area contributed by atoms with Gasteiger partial charge in [0.1, 0.15) is 11.9 Å². The van der Waals surface area contributed by atoms with Gasteiger partial charge >= 0.3 is 0 Å². The maximum absolute atomic E-state index is 5.73. The molecule has 0 amide bonds.